The molecule has 0 saturated heterocycles. The van der Waals surface area contributed by atoms with Gasteiger partial charge in [0.05, 0.1) is 18.3 Å². The van der Waals surface area contributed by atoms with E-state index in [1.165, 1.54) is 48.8 Å². The maximum absolute atomic E-state index is 12.8. The molecular weight excluding hydrogens is 697 g/mol. The summed E-state index contributed by atoms with van der Waals surface area (Å²) in [6.07, 6.45) is 24.7. The highest BCUT2D eigenvalue weighted by Gasteiger charge is 2.68. The lowest BCUT2D eigenvalue weighted by atomic mass is 9.45. The zero-order valence-electron chi connectivity index (χ0n) is 34.4. The third-order valence-corrected chi connectivity index (χ3v) is 14.7. The van der Waals surface area contributed by atoms with Crippen molar-refractivity contribution in [1.29, 1.82) is 0 Å². The molecule has 1 aromatic carbocycles. The van der Waals surface area contributed by atoms with Crippen molar-refractivity contribution in [2.75, 3.05) is 33.4 Å². The number of aliphatic hydroxyl groups is 4. The van der Waals surface area contributed by atoms with Gasteiger partial charge in [-0.1, -0.05) is 103 Å². The normalized spacial score (nSPS) is 36.2. The molecule has 3 fully saturated rings. The van der Waals surface area contributed by atoms with Crippen LogP contribution in [-0.2, 0) is 17.6 Å². The smallest absolute Gasteiger partial charge is 0.145 e. The van der Waals surface area contributed by atoms with E-state index in [2.05, 4.69) is 72.7 Å². The second kappa shape index (κ2) is 19.2. The first kappa shape index (κ1) is 42.7. The Kier molecular flexibility index (Phi) is 14.7. The van der Waals surface area contributed by atoms with E-state index in [9.17, 15) is 25.2 Å². The number of nitrogens with one attached hydrogen (secondary N) is 2. The summed E-state index contributed by atoms with van der Waals surface area (Å²) in [5.41, 5.74) is 5.35. The fraction of sp³-hybridized carbons (Fsp3) is 0.612. The topological polar surface area (TPSA) is 122 Å². The summed E-state index contributed by atoms with van der Waals surface area (Å²) in [4.78, 5) is 12.3. The van der Waals surface area contributed by atoms with Gasteiger partial charge in [0, 0.05) is 36.4 Å². The lowest BCUT2D eigenvalue weighted by Crippen LogP contribution is -2.65. The van der Waals surface area contributed by atoms with E-state index >= 15 is 0 Å². The lowest BCUT2D eigenvalue weighted by Gasteiger charge is -2.61. The first-order valence-electron chi connectivity index (χ1n) is 21.7. The third kappa shape index (κ3) is 8.89. The first-order valence-corrected chi connectivity index (χ1v) is 21.7. The highest BCUT2D eigenvalue weighted by Crippen LogP contribution is 2.67. The Morgan fingerprint density at radius 2 is 1.86 bits per heavy atom. The fourth-order valence-corrected chi connectivity index (χ4v) is 11.8. The molecule has 1 spiro atoms. The van der Waals surface area contributed by atoms with E-state index in [4.69, 9.17) is 0 Å². The van der Waals surface area contributed by atoms with Gasteiger partial charge in [-0.25, -0.2) is 0 Å². The van der Waals surface area contributed by atoms with Crippen molar-refractivity contribution in [3.63, 3.8) is 0 Å². The predicted molar refractivity (Wildman–Crippen MR) is 227 cm³/mol. The fourth-order valence-electron chi connectivity index (χ4n) is 11.8. The maximum atomic E-state index is 12.8. The van der Waals surface area contributed by atoms with Crippen molar-refractivity contribution < 1.29 is 25.2 Å². The summed E-state index contributed by atoms with van der Waals surface area (Å²) in [6.45, 7) is 9.89. The molecule has 1 aromatic rings. The average molecular weight is 767 g/mol. The van der Waals surface area contributed by atoms with E-state index in [1.54, 1.807) is 0 Å². The molecule has 6 rings (SSSR count). The SMILES string of the molecule is C=C(/C=C/C=C(/CO)[C@@H]1CC[C@]2([C@@H]1O)[C@@H]1C(=C(C)C=O)[C@@H](C=C[C@H]1CCO)C[C@]2(O)CCNC)[C@H]1C/C=C(\C)CN[C@@H](C2CCCCC2)Cc2cccc(c2)C1. The molecule has 306 valence electrons. The number of hydrogen-bond donors (Lipinski definition) is 6. The summed E-state index contributed by atoms with van der Waals surface area (Å²) < 4.78 is 0. The molecule has 4 aliphatic carbocycles. The van der Waals surface area contributed by atoms with E-state index in [0.717, 1.165) is 54.7 Å². The van der Waals surface area contributed by atoms with Crippen LogP contribution >= 0.6 is 0 Å². The number of allylic oxidation sites excluding steroid dienone is 9. The Bertz CT molecular complexity index is 1680. The molecule has 6 N–H and O–H groups in total. The number of carbonyl (C=O) groups excluding carboxylic acids is 1. The number of hydrogen-bond acceptors (Lipinski definition) is 7. The molecule has 0 aromatic heterocycles. The van der Waals surface area contributed by atoms with Crippen molar-refractivity contribution >= 4 is 6.29 Å². The molecule has 1 heterocycles. The van der Waals surface area contributed by atoms with Gasteiger partial charge in [-0.2, -0.15) is 0 Å². The minimum atomic E-state index is -1.21. The third-order valence-electron chi connectivity index (χ3n) is 14.7. The van der Waals surface area contributed by atoms with Crippen molar-refractivity contribution in [3.05, 3.63) is 106 Å². The largest absolute Gasteiger partial charge is 0.396 e. The Hall–Kier alpha value is -2.91. The van der Waals surface area contributed by atoms with E-state index in [1.807, 2.05) is 26.1 Å². The molecule has 0 amide bonds. The second-order valence-corrected chi connectivity index (χ2v) is 18.1. The zero-order valence-corrected chi connectivity index (χ0v) is 34.4. The Balaban J connectivity index is 1.25. The minimum Gasteiger partial charge on any atom is -0.396 e. The van der Waals surface area contributed by atoms with Gasteiger partial charge in [0.1, 0.15) is 6.29 Å². The molecule has 1 aliphatic heterocycles. The van der Waals surface area contributed by atoms with Crippen LogP contribution in [0.2, 0.25) is 0 Å². The van der Waals surface area contributed by atoms with Crippen molar-refractivity contribution in [1.82, 2.24) is 10.6 Å². The van der Waals surface area contributed by atoms with Gasteiger partial charge in [0.25, 0.3) is 0 Å². The van der Waals surface area contributed by atoms with Gasteiger partial charge < -0.3 is 31.1 Å². The van der Waals surface area contributed by atoms with E-state index in [-0.39, 0.29) is 42.8 Å². The molecule has 7 heteroatoms. The summed E-state index contributed by atoms with van der Waals surface area (Å²) >= 11 is 0. The van der Waals surface area contributed by atoms with Gasteiger partial charge in [0.15, 0.2) is 0 Å². The average Bonchev–Trinajstić information content (AvgIpc) is 3.55. The van der Waals surface area contributed by atoms with Crippen molar-refractivity contribution in [2.45, 2.75) is 115 Å². The minimum absolute atomic E-state index is 0.0236. The lowest BCUT2D eigenvalue weighted by molar-refractivity contribution is -0.194. The summed E-state index contributed by atoms with van der Waals surface area (Å²) in [5, 5.41) is 53.6. The predicted octanol–water partition coefficient (Wildman–Crippen LogP) is 7.13. The summed E-state index contributed by atoms with van der Waals surface area (Å²) in [6, 6.07) is 9.64. The quantitative estimate of drug-likeness (QED) is 0.0580. The van der Waals surface area contributed by atoms with Gasteiger partial charge >= 0.3 is 0 Å². The van der Waals surface area contributed by atoms with Crippen LogP contribution in [0.5, 0.6) is 0 Å². The molecular formula is C49H70N2O5. The van der Waals surface area contributed by atoms with Crippen LogP contribution in [0.1, 0.15) is 95.6 Å². The standard InChI is InChI=1S/C49H70N2O5/c1-33-16-17-40(27-36-11-9-12-37(26-36)28-44(51-30-33)38-13-6-5-7-14-38)34(2)10-8-15-42(32-54)43-20-22-49(47(43)55)46-39(21-25-52)18-19-41(45(46)35(3)31-53)29-48(49,56)23-24-50-4/h8-12,15-16,18-19,26,31,38-41,43-44,46-47,50-52,54-56H,2,5-7,13-14,17,20-25,27-30,32H2,1,3-4H3/b10-8+,33-16+,42-15-,45-35?/t39-,40-,41-,43-,44+,46-,47+,48+,49+/m0/s1. The number of rotatable bonds is 12. The number of aldehydes is 1. The Labute approximate surface area is 336 Å². The van der Waals surface area contributed by atoms with Gasteiger partial charge in [-0.05, 0) is 138 Å². The summed E-state index contributed by atoms with van der Waals surface area (Å²) in [5.74, 6) is 0.0507. The molecule has 56 heavy (non-hydrogen) atoms. The Morgan fingerprint density at radius 3 is 2.57 bits per heavy atom. The highest BCUT2D eigenvalue weighted by molar-refractivity contribution is 5.74. The van der Waals surface area contributed by atoms with E-state index in [0.29, 0.717) is 50.3 Å². The van der Waals surface area contributed by atoms with Crippen LogP contribution in [0.15, 0.2) is 95.2 Å². The van der Waals surface area contributed by atoms with Gasteiger partial charge in [-0.3, -0.25) is 4.79 Å². The zero-order chi connectivity index (χ0) is 39.9. The molecule has 0 radical (unpaired) electrons. The first-order chi connectivity index (χ1) is 27.1. The van der Waals surface area contributed by atoms with Crippen molar-refractivity contribution in [3.8, 4) is 0 Å². The molecule has 0 unspecified atom stereocenters. The molecule has 3 saturated carbocycles. The highest BCUT2D eigenvalue weighted by atomic mass is 16.3. The van der Waals surface area contributed by atoms with Gasteiger partial charge in [-0.15, -0.1) is 0 Å². The number of fused-ring (bicyclic) bond motifs is 5. The van der Waals surface area contributed by atoms with E-state index < -0.39 is 17.1 Å². The maximum Gasteiger partial charge on any atom is 0.145 e. The number of aliphatic hydroxyl groups excluding tert-OH is 3. The summed E-state index contributed by atoms with van der Waals surface area (Å²) in [7, 11) is 1.87. The number of carbonyl (C=O) groups is 1. The molecule has 5 aliphatic rings. The van der Waals surface area contributed by atoms with Crippen LogP contribution in [-0.4, -0.2) is 77.8 Å². The van der Waals surface area contributed by atoms with Crippen LogP contribution in [0, 0.1) is 40.9 Å². The molecule has 4 bridgehead atoms. The Morgan fingerprint density at radius 1 is 1.09 bits per heavy atom. The second-order valence-electron chi connectivity index (χ2n) is 18.1. The molecule has 9 atom stereocenters. The van der Waals surface area contributed by atoms with Crippen LogP contribution in [0.3, 0.4) is 0 Å². The monoisotopic (exact) mass is 767 g/mol. The van der Waals surface area contributed by atoms with Crippen LogP contribution < -0.4 is 10.6 Å². The van der Waals surface area contributed by atoms with Crippen molar-refractivity contribution in [2.24, 2.45) is 40.9 Å². The van der Waals surface area contributed by atoms with Crippen LogP contribution in [0.4, 0.5) is 0 Å². The number of benzene rings is 1. The van der Waals surface area contributed by atoms with Gasteiger partial charge in [0.2, 0.25) is 0 Å². The van der Waals surface area contributed by atoms with Crippen LogP contribution in [0.25, 0.3) is 0 Å². The molecule has 7 nitrogen and oxygen atoms in total.